The highest BCUT2D eigenvalue weighted by atomic mass is 32.1. The van der Waals surface area contributed by atoms with Crippen molar-refractivity contribution in [2.45, 2.75) is 13.0 Å². The van der Waals surface area contributed by atoms with Gasteiger partial charge in [-0.2, -0.15) is 0 Å². The molecule has 0 radical (unpaired) electrons. The third kappa shape index (κ3) is 3.29. The monoisotopic (exact) mass is 334 g/mol. The molecule has 2 aromatic carbocycles. The molecule has 0 aliphatic carbocycles. The molecule has 0 atom stereocenters. The highest BCUT2D eigenvalue weighted by Crippen LogP contribution is 2.18. The summed E-state index contributed by atoms with van der Waals surface area (Å²) in [7, 11) is 0. The van der Waals surface area contributed by atoms with Crippen LogP contribution < -0.4 is 5.32 Å². The van der Waals surface area contributed by atoms with E-state index in [1.807, 2.05) is 18.2 Å². The summed E-state index contributed by atoms with van der Waals surface area (Å²) in [5.41, 5.74) is 1.23. The van der Waals surface area contributed by atoms with E-state index in [9.17, 15) is 13.6 Å². The number of nitrogens with one attached hydrogen (secondary N) is 1. The van der Waals surface area contributed by atoms with Gasteiger partial charge in [0, 0.05) is 19.0 Å². The Kier molecular flexibility index (Phi) is 4.20. The Morgan fingerprint density at radius 3 is 2.83 bits per heavy atom. The molecule has 0 spiro atoms. The largest absolute Gasteiger partial charge is 0.429 e. The second-order valence-electron chi connectivity index (χ2n) is 4.91. The Morgan fingerprint density at radius 2 is 2.00 bits per heavy atom. The molecule has 0 fully saturated rings. The Balaban J connectivity index is 1.72. The van der Waals surface area contributed by atoms with Crippen molar-refractivity contribution in [2.24, 2.45) is 0 Å². The van der Waals surface area contributed by atoms with Crippen LogP contribution in [0.3, 0.4) is 0 Å². The molecule has 0 unspecified atom stereocenters. The Bertz CT molecular complexity index is 933. The number of hydrogen-bond donors (Lipinski definition) is 1. The lowest BCUT2D eigenvalue weighted by Gasteiger charge is -2.07. The van der Waals surface area contributed by atoms with E-state index < -0.39 is 17.5 Å². The minimum atomic E-state index is -0.690. The number of carbonyl (C=O) groups excluding carboxylic acids is 1. The number of oxazole rings is 1. The molecule has 0 aliphatic rings. The molecule has 0 saturated carbocycles. The fourth-order valence-corrected chi connectivity index (χ4v) is 2.52. The Labute approximate surface area is 135 Å². The van der Waals surface area contributed by atoms with Crippen LogP contribution in [-0.2, 0) is 11.3 Å². The number of fused-ring (bicyclic) bond motifs is 1. The first-order valence-corrected chi connectivity index (χ1v) is 7.29. The van der Waals surface area contributed by atoms with Gasteiger partial charge in [0.25, 0.3) is 4.84 Å². The summed E-state index contributed by atoms with van der Waals surface area (Å²) in [4.78, 5) is 12.2. The highest BCUT2D eigenvalue weighted by Gasteiger charge is 2.11. The normalized spacial score (nSPS) is 10.9. The van der Waals surface area contributed by atoms with Crippen LogP contribution in [0, 0.1) is 16.5 Å². The lowest BCUT2D eigenvalue weighted by atomic mass is 10.2. The summed E-state index contributed by atoms with van der Waals surface area (Å²) in [6, 6.07) is 10.2. The number of hydrogen-bond acceptors (Lipinski definition) is 3. The number of benzene rings is 2. The van der Waals surface area contributed by atoms with Crippen molar-refractivity contribution in [3.05, 3.63) is 58.9 Å². The molecule has 4 nitrogen and oxygen atoms in total. The molecule has 0 bridgehead atoms. The van der Waals surface area contributed by atoms with Gasteiger partial charge in [-0.25, -0.2) is 8.78 Å². The number of amides is 1. The fourth-order valence-electron chi connectivity index (χ4n) is 2.25. The standard InChI is InChI=1S/C16H12F2N2O2S/c17-10-5-6-11(18)12(9-10)19-15(21)7-8-20-13-3-1-2-4-14(13)22-16(20)23/h1-6,9H,7-8H2,(H,19,21). The van der Waals surface area contributed by atoms with E-state index >= 15 is 0 Å². The molecule has 1 N–H and O–H groups in total. The SMILES string of the molecule is O=C(CCn1c(=S)oc2ccccc21)Nc1cc(F)ccc1F. The summed E-state index contributed by atoms with van der Waals surface area (Å²) in [6.07, 6.45) is 0.0494. The van der Waals surface area contributed by atoms with E-state index in [2.05, 4.69) is 5.32 Å². The molecule has 1 amide bonds. The van der Waals surface area contributed by atoms with Crippen molar-refractivity contribution in [3.63, 3.8) is 0 Å². The van der Waals surface area contributed by atoms with Crippen LogP contribution >= 0.6 is 12.2 Å². The zero-order valence-corrected chi connectivity index (χ0v) is 12.7. The highest BCUT2D eigenvalue weighted by molar-refractivity contribution is 7.71. The van der Waals surface area contributed by atoms with E-state index in [0.29, 0.717) is 5.58 Å². The Morgan fingerprint density at radius 1 is 1.22 bits per heavy atom. The van der Waals surface area contributed by atoms with Crippen LogP contribution in [0.1, 0.15) is 6.42 Å². The average Bonchev–Trinajstić information content (AvgIpc) is 2.84. The van der Waals surface area contributed by atoms with Gasteiger partial charge in [0.15, 0.2) is 5.58 Å². The molecule has 7 heteroatoms. The first-order valence-electron chi connectivity index (χ1n) is 6.88. The third-order valence-corrected chi connectivity index (χ3v) is 3.64. The summed E-state index contributed by atoms with van der Waals surface area (Å²) in [5.74, 6) is -1.75. The first kappa shape index (κ1) is 15.4. The van der Waals surface area contributed by atoms with Gasteiger partial charge < -0.3 is 9.73 Å². The van der Waals surface area contributed by atoms with E-state index in [1.165, 1.54) is 0 Å². The number of aromatic nitrogens is 1. The van der Waals surface area contributed by atoms with Crippen LogP contribution in [0.4, 0.5) is 14.5 Å². The minimum absolute atomic E-state index is 0.0494. The molecular formula is C16H12F2N2O2S. The van der Waals surface area contributed by atoms with Gasteiger partial charge >= 0.3 is 0 Å². The number of para-hydroxylation sites is 2. The van der Waals surface area contributed by atoms with Crippen molar-refractivity contribution in [1.29, 1.82) is 0 Å². The number of carbonyl (C=O) groups is 1. The number of anilines is 1. The average molecular weight is 334 g/mol. The maximum atomic E-state index is 13.5. The predicted octanol–water partition coefficient (Wildman–Crippen LogP) is 4.27. The molecule has 1 aromatic heterocycles. The molecule has 0 saturated heterocycles. The van der Waals surface area contributed by atoms with E-state index in [1.54, 1.807) is 10.6 Å². The van der Waals surface area contributed by atoms with Gasteiger partial charge in [-0.15, -0.1) is 0 Å². The summed E-state index contributed by atoms with van der Waals surface area (Å²) in [6.45, 7) is 0.276. The maximum Gasteiger partial charge on any atom is 0.269 e. The molecular weight excluding hydrogens is 322 g/mol. The zero-order chi connectivity index (χ0) is 16.4. The van der Waals surface area contributed by atoms with Gasteiger partial charge in [-0.1, -0.05) is 12.1 Å². The number of aryl methyl sites for hydroxylation is 1. The van der Waals surface area contributed by atoms with E-state index in [0.717, 1.165) is 23.7 Å². The van der Waals surface area contributed by atoms with Crippen molar-refractivity contribution < 1.29 is 18.0 Å². The zero-order valence-electron chi connectivity index (χ0n) is 11.9. The second-order valence-corrected chi connectivity index (χ2v) is 5.26. The second kappa shape index (κ2) is 6.29. The van der Waals surface area contributed by atoms with Crippen molar-refractivity contribution in [2.75, 3.05) is 5.32 Å². The smallest absolute Gasteiger partial charge is 0.269 e. The van der Waals surface area contributed by atoms with Crippen molar-refractivity contribution in [1.82, 2.24) is 4.57 Å². The minimum Gasteiger partial charge on any atom is -0.429 e. The van der Waals surface area contributed by atoms with Crippen LogP contribution in [-0.4, -0.2) is 10.5 Å². The quantitative estimate of drug-likeness (QED) is 0.725. The van der Waals surface area contributed by atoms with Crippen LogP contribution in [0.2, 0.25) is 0 Å². The maximum absolute atomic E-state index is 13.5. The van der Waals surface area contributed by atoms with Gasteiger partial charge in [-0.05, 0) is 36.5 Å². The topological polar surface area (TPSA) is 47.2 Å². The predicted molar refractivity (Wildman–Crippen MR) is 84.6 cm³/mol. The van der Waals surface area contributed by atoms with Crippen molar-refractivity contribution >= 4 is 34.9 Å². The van der Waals surface area contributed by atoms with Crippen LogP contribution in [0.5, 0.6) is 0 Å². The van der Waals surface area contributed by atoms with Crippen LogP contribution in [0.25, 0.3) is 11.1 Å². The van der Waals surface area contributed by atoms with E-state index in [-0.39, 0.29) is 23.5 Å². The van der Waals surface area contributed by atoms with Crippen molar-refractivity contribution in [3.8, 4) is 0 Å². The number of nitrogens with zero attached hydrogens (tertiary/aromatic N) is 1. The lowest BCUT2D eigenvalue weighted by Crippen LogP contribution is -2.15. The fraction of sp³-hybridized carbons (Fsp3) is 0.125. The van der Waals surface area contributed by atoms with Gasteiger partial charge in [0.2, 0.25) is 5.91 Å². The molecule has 1 heterocycles. The Hall–Kier alpha value is -2.54. The lowest BCUT2D eigenvalue weighted by molar-refractivity contribution is -0.116. The third-order valence-electron chi connectivity index (χ3n) is 3.34. The van der Waals surface area contributed by atoms with Gasteiger partial charge in [-0.3, -0.25) is 9.36 Å². The summed E-state index contributed by atoms with van der Waals surface area (Å²) in [5, 5.41) is 2.35. The molecule has 118 valence electrons. The van der Waals surface area contributed by atoms with Gasteiger partial charge in [0.1, 0.15) is 11.6 Å². The van der Waals surface area contributed by atoms with Crippen LogP contribution in [0.15, 0.2) is 46.9 Å². The number of halogens is 2. The molecule has 0 aliphatic heterocycles. The number of rotatable bonds is 4. The van der Waals surface area contributed by atoms with E-state index in [4.69, 9.17) is 16.6 Å². The first-order chi connectivity index (χ1) is 11.0. The molecule has 3 rings (SSSR count). The summed E-state index contributed by atoms with van der Waals surface area (Å²) < 4.78 is 33.7. The molecule has 3 aromatic rings. The summed E-state index contributed by atoms with van der Waals surface area (Å²) >= 11 is 5.13. The molecule has 23 heavy (non-hydrogen) atoms. The van der Waals surface area contributed by atoms with Gasteiger partial charge in [0.05, 0.1) is 11.2 Å².